The molecule has 1 fully saturated rings. The van der Waals surface area contributed by atoms with Crippen LogP contribution < -0.4 is 24.4 Å². The van der Waals surface area contributed by atoms with E-state index in [9.17, 15) is 14.4 Å². The van der Waals surface area contributed by atoms with Crippen LogP contribution in [0.25, 0.3) is 11.0 Å². The summed E-state index contributed by atoms with van der Waals surface area (Å²) in [6.45, 7) is 2.03. The number of ketones is 1. The normalized spacial score (nSPS) is 16.2. The summed E-state index contributed by atoms with van der Waals surface area (Å²) in [5, 5.41) is 11.3. The third-order valence-corrected chi connectivity index (χ3v) is 7.57. The van der Waals surface area contributed by atoms with E-state index in [2.05, 4.69) is 15.6 Å². The van der Waals surface area contributed by atoms with Crippen LogP contribution in [0.4, 0.5) is 5.69 Å². The van der Waals surface area contributed by atoms with E-state index in [0.29, 0.717) is 40.5 Å². The summed E-state index contributed by atoms with van der Waals surface area (Å²) >= 11 is 0. The Morgan fingerprint density at radius 3 is 2.58 bits per heavy atom. The number of hydrogen-bond donors (Lipinski definition) is 1. The first-order valence-electron chi connectivity index (χ1n) is 14.0. The molecule has 0 radical (unpaired) electrons. The Kier molecular flexibility index (Phi) is 7.93. The van der Waals surface area contributed by atoms with Gasteiger partial charge in [-0.25, -0.2) is 4.68 Å². The van der Waals surface area contributed by atoms with Gasteiger partial charge in [-0.3, -0.25) is 19.3 Å². The Bertz CT molecular complexity index is 1660. The minimum atomic E-state index is -1.17. The van der Waals surface area contributed by atoms with E-state index in [1.165, 1.54) is 16.5 Å². The average Bonchev–Trinajstić information content (AvgIpc) is 3.80. The van der Waals surface area contributed by atoms with E-state index in [-0.39, 0.29) is 43.0 Å². The van der Waals surface area contributed by atoms with Crippen LogP contribution in [-0.2, 0) is 20.9 Å². The van der Waals surface area contributed by atoms with Crippen molar-refractivity contribution in [2.75, 3.05) is 32.0 Å². The van der Waals surface area contributed by atoms with E-state index in [4.69, 9.17) is 18.9 Å². The van der Waals surface area contributed by atoms with E-state index >= 15 is 0 Å². The second kappa shape index (κ2) is 12.1. The second-order valence-electron chi connectivity index (χ2n) is 10.3. The van der Waals surface area contributed by atoms with Crippen molar-refractivity contribution in [3.63, 3.8) is 0 Å². The van der Waals surface area contributed by atoms with E-state index in [1.54, 1.807) is 49.6 Å². The summed E-state index contributed by atoms with van der Waals surface area (Å²) in [6.07, 6.45) is 1.62. The molecule has 6 rings (SSSR count). The molecular formula is C31H31N5O7. The number of nitrogens with one attached hydrogen (secondary N) is 1. The van der Waals surface area contributed by atoms with Crippen molar-refractivity contribution in [2.24, 2.45) is 0 Å². The number of aromatic nitrogens is 3. The summed E-state index contributed by atoms with van der Waals surface area (Å²) < 4.78 is 23.7. The number of Topliss-reactive ketones (excluding diaryl/α,β-unsaturated/α-hetero) is 1. The van der Waals surface area contributed by atoms with Crippen LogP contribution >= 0.6 is 0 Å². The highest BCUT2D eigenvalue weighted by atomic mass is 16.7. The first-order chi connectivity index (χ1) is 20.9. The minimum absolute atomic E-state index is 0.0290. The highest BCUT2D eigenvalue weighted by Crippen LogP contribution is 2.41. The Labute approximate surface area is 247 Å². The highest BCUT2D eigenvalue weighted by molar-refractivity contribution is 6.08. The first-order valence-corrected chi connectivity index (χ1v) is 14.0. The summed E-state index contributed by atoms with van der Waals surface area (Å²) in [5.41, 5.74) is 2.19. The Morgan fingerprint density at radius 2 is 1.86 bits per heavy atom. The number of para-hydroxylation sites is 1. The van der Waals surface area contributed by atoms with Gasteiger partial charge in [0, 0.05) is 24.8 Å². The largest absolute Gasteiger partial charge is 0.497 e. The van der Waals surface area contributed by atoms with Crippen LogP contribution in [0.15, 0.2) is 60.7 Å². The molecule has 222 valence electrons. The number of amides is 2. The molecule has 0 spiro atoms. The molecule has 0 saturated carbocycles. The molecule has 3 aromatic carbocycles. The van der Waals surface area contributed by atoms with Gasteiger partial charge in [-0.15, -0.1) is 5.10 Å². The molecule has 12 heteroatoms. The van der Waals surface area contributed by atoms with Gasteiger partial charge < -0.3 is 24.3 Å². The molecule has 0 aliphatic carbocycles. The Balaban J connectivity index is 1.47. The van der Waals surface area contributed by atoms with Crippen LogP contribution in [0.1, 0.15) is 41.7 Å². The van der Waals surface area contributed by atoms with Crippen LogP contribution in [0, 0.1) is 0 Å². The van der Waals surface area contributed by atoms with Crippen molar-refractivity contribution in [3.05, 3.63) is 71.8 Å². The third-order valence-electron chi connectivity index (χ3n) is 7.57. The number of carbonyl (C=O) groups excluding carboxylic acids is 3. The van der Waals surface area contributed by atoms with Gasteiger partial charge in [-0.05, 0) is 55.7 Å². The SMILES string of the molecule is COc1ccc([C@H](C(=O)NC[C@H]2CCCO2)N(C(=O)Cn2nnc3ccccc32)c2cc3c(cc2C(C)=O)OCO3)cc1. The van der Waals surface area contributed by atoms with Gasteiger partial charge in [0.25, 0.3) is 0 Å². The van der Waals surface area contributed by atoms with Crippen LogP contribution in [0.5, 0.6) is 17.2 Å². The summed E-state index contributed by atoms with van der Waals surface area (Å²) in [5.74, 6) is 0.0757. The quantitative estimate of drug-likeness (QED) is 0.278. The Morgan fingerprint density at radius 1 is 1.09 bits per heavy atom. The summed E-state index contributed by atoms with van der Waals surface area (Å²) in [6, 6.07) is 16.1. The van der Waals surface area contributed by atoms with Crippen LogP contribution in [0.3, 0.4) is 0 Å². The first kappa shape index (κ1) is 28.2. The number of rotatable bonds is 10. The van der Waals surface area contributed by atoms with Crippen molar-refractivity contribution in [2.45, 2.75) is 38.5 Å². The van der Waals surface area contributed by atoms with Crippen molar-refractivity contribution in [1.29, 1.82) is 0 Å². The maximum atomic E-state index is 14.5. The van der Waals surface area contributed by atoms with Crippen molar-refractivity contribution >= 4 is 34.3 Å². The van der Waals surface area contributed by atoms with E-state index < -0.39 is 17.9 Å². The molecular weight excluding hydrogens is 554 g/mol. The van der Waals surface area contributed by atoms with Gasteiger partial charge >= 0.3 is 0 Å². The van der Waals surface area contributed by atoms with Gasteiger partial charge in [-0.1, -0.05) is 29.5 Å². The third kappa shape index (κ3) is 5.73. The summed E-state index contributed by atoms with van der Waals surface area (Å²) in [4.78, 5) is 42.9. The minimum Gasteiger partial charge on any atom is -0.497 e. The standard InChI is InChI=1S/C31H31N5O7/c1-19(37)23-14-27-28(43-18-42-27)15-26(23)36(29(38)17-35-25-8-4-3-7-24(25)33-34-35)30(20-9-11-21(40-2)12-10-20)31(39)32-16-22-6-5-13-41-22/h3-4,7-12,14-15,22,30H,5-6,13,16-18H2,1-2H3,(H,32,39)/t22-,30-/m1/s1. The van der Waals surface area contributed by atoms with Gasteiger partial charge in [0.05, 0.1) is 24.4 Å². The molecule has 2 atom stereocenters. The fraction of sp³-hybridized carbons (Fsp3) is 0.323. The number of ether oxygens (including phenoxy) is 4. The maximum Gasteiger partial charge on any atom is 0.249 e. The molecule has 2 aliphatic heterocycles. The Hall–Kier alpha value is -4.97. The number of methoxy groups -OCH3 is 1. The number of anilines is 1. The molecule has 1 N–H and O–H groups in total. The lowest BCUT2D eigenvalue weighted by atomic mass is 9.99. The lowest BCUT2D eigenvalue weighted by molar-refractivity contribution is -0.127. The summed E-state index contributed by atoms with van der Waals surface area (Å²) in [7, 11) is 1.55. The number of fused-ring (bicyclic) bond motifs is 2. The monoisotopic (exact) mass is 585 g/mol. The lowest BCUT2D eigenvalue weighted by Gasteiger charge is -2.33. The van der Waals surface area contributed by atoms with Crippen molar-refractivity contribution in [1.82, 2.24) is 20.3 Å². The van der Waals surface area contributed by atoms with E-state index in [0.717, 1.165) is 12.8 Å². The van der Waals surface area contributed by atoms with Crippen molar-refractivity contribution in [3.8, 4) is 17.2 Å². The molecule has 12 nitrogen and oxygen atoms in total. The molecule has 3 heterocycles. The smallest absolute Gasteiger partial charge is 0.249 e. The molecule has 2 aliphatic rings. The molecule has 1 saturated heterocycles. The van der Waals surface area contributed by atoms with Gasteiger partial charge in [0.1, 0.15) is 23.9 Å². The molecule has 0 unspecified atom stereocenters. The number of benzene rings is 3. The topological polar surface area (TPSA) is 134 Å². The predicted octanol–water partition coefficient (Wildman–Crippen LogP) is 3.44. The van der Waals surface area contributed by atoms with Crippen molar-refractivity contribution < 1.29 is 33.3 Å². The fourth-order valence-electron chi connectivity index (χ4n) is 5.39. The lowest BCUT2D eigenvalue weighted by Crippen LogP contribution is -2.47. The van der Waals surface area contributed by atoms with Crippen LogP contribution in [-0.4, -0.2) is 65.7 Å². The fourth-order valence-corrected chi connectivity index (χ4v) is 5.39. The molecule has 1 aromatic heterocycles. The number of hydrogen-bond acceptors (Lipinski definition) is 9. The second-order valence-corrected chi connectivity index (χ2v) is 10.3. The number of nitrogens with zero attached hydrogens (tertiary/aromatic N) is 4. The average molecular weight is 586 g/mol. The van der Waals surface area contributed by atoms with Gasteiger partial charge in [-0.2, -0.15) is 0 Å². The zero-order valence-corrected chi connectivity index (χ0v) is 23.8. The molecule has 0 bridgehead atoms. The van der Waals surface area contributed by atoms with Gasteiger partial charge in [0.15, 0.2) is 17.3 Å². The molecule has 4 aromatic rings. The number of carbonyl (C=O) groups is 3. The zero-order valence-electron chi connectivity index (χ0n) is 23.8. The molecule has 43 heavy (non-hydrogen) atoms. The zero-order chi connectivity index (χ0) is 29.9. The van der Waals surface area contributed by atoms with Crippen LogP contribution in [0.2, 0.25) is 0 Å². The highest BCUT2D eigenvalue weighted by Gasteiger charge is 2.37. The molecule has 2 amide bonds. The van der Waals surface area contributed by atoms with E-state index in [1.807, 2.05) is 18.2 Å². The predicted molar refractivity (Wildman–Crippen MR) is 155 cm³/mol. The maximum absolute atomic E-state index is 14.5. The van der Waals surface area contributed by atoms with Gasteiger partial charge in [0.2, 0.25) is 18.6 Å².